The summed E-state index contributed by atoms with van der Waals surface area (Å²) in [4.78, 5) is 0. The second-order valence-corrected chi connectivity index (χ2v) is 2.48. The number of halogens is 1. The zero-order valence-electron chi connectivity index (χ0n) is 4.96. The number of nitrogens with zero attached hydrogens (tertiary/aromatic N) is 2. The summed E-state index contributed by atoms with van der Waals surface area (Å²) >= 11 is 5.52. The molecule has 1 fully saturated rings. The number of rotatable bonds is 1. The molecule has 0 aliphatic carbocycles. The third kappa shape index (κ3) is 1.43. The Hall–Kier alpha value is -0.0900. The number of hydrogen-bond acceptors (Lipinski definition) is 3. The predicted molar refractivity (Wildman–Crippen MR) is 36.6 cm³/mol. The van der Waals surface area contributed by atoms with Crippen LogP contribution < -0.4 is 0 Å². The molecule has 52 valence electrons. The molecule has 0 N–H and O–H groups in total. The van der Waals surface area contributed by atoms with Gasteiger partial charge in [0, 0.05) is 12.6 Å². The Morgan fingerprint density at radius 1 is 1.78 bits per heavy atom. The average molecular weight is 148 g/mol. The van der Waals surface area contributed by atoms with Gasteiger partial charge in [-0.05, 0) is 11.8 Å². The molecule has 0 aromatic heterocycles. The van der Waals surface area contributed by atoms with E-state index in [1.165, 1.54) is 4.42 Å². The minimum Gasteiger partial charge on any atom is -0.784 e. The summed E-state index contributed by atoms with van der Waals surface area (Å²) in [6.45, 7) is 4.35. The fourth-order valence-corrected chi connectivity index (χ4v) is 1.05. The molecule has 1 aliphatic rings. The zero-order valence-corrected chi connectivity index (χ0v) is 5.71. The minimum absolute atomic E-state index is 0.123. The molecule has 0 amide bonds. The van der Waals surface area contributed by atoms with Gasteiger partial charge >= 0.3 is 0 Å². The standard InChI is InChI=1S/C5H8ClN2O/c1-2-5-3-7(6)4-8(5)9/h2,5H,1,3-4H2/q-1. The van der Waals surface area contributed by atoms with Crippen LogP contribution in [0.1, 0.15) is 0 Å². The molecule has 3 nitrogen and oxygen atoms in total. The van der Waals surface area contributed by atoms with E-state index in [2.05, 4.69) is 6.58 Å². The molecule has 9 heavy (non-hydrogen) atoms. The largest absolute Gasteiger partial charge is 0.784 e. The lowest BCUT2D eigenvalue weighted by atomic mass is 10.3. The Morgan fingerprint density at radius 2 is 2.44 bits per heavy atom. The van der Waals surface area contributed by atoms with Crippen LogP contribution in [0.15, 0.2) is 12.7 Å². The zero-order chi connectivity index (χ0) is 6.85. The van der Waals surface area contributed by atoms with E-state index < -0.39 is 0 Å². The summed E-state index contributed by atoms with van der Waals surface area (Å²) in [5.74, 6) is 0. The molecule has 1 rings (SSSR count). The second-order valence-electron chi connectivity index (χ2n) is 2.01. The van der Waals surface area contributed by atoms with Crippen molar-refractivity contribution in [1.29, 1.82) is 0 Å². The maximum Gasteiger partial charge on any atom is 0.0545 e. The van der Waals surface area contributed by atoms with E-state index in [-0.39, 0.29) is 12.7 Å². The van der Waals surface area contributed by atoms with Gasteiger partial charge in [0.05, 0.1) is 6.67 Å². The van der Waals surface area contributed by atoms with Crippen LogP contribution >= 0.6 is 11.8 Å². The van der Waals surface area contributed by atoms with Crippen LogP contribution in [0.5, 0.6) is 0 Å². The van der Waals surface area contributed by atoms with Crippen molar-refractivity contribution >= 4 is 11.8 Å². The highest BCUT2D eigenvalue weighted by molar-refractivity contribution is 6.13. The van der Waals surface area contributed by atoms with E-state index in [4.69, 9.17) is 11.8 Å². The van der Waals surface area contributed by atoms with Crippen LogP contribution in [0.25, 0.3) is 0 Å². The van der Waals surface area contributed by atoms with E-state index in [1.807, 2.05) is 0 Å². The first-order chi connectivity index (χ1) is 4.24. The van der Waals surface area contributed by atoms with E-state index in [1.54, 1.807) is 6.08 Å². The Bertz CT molecular complexity index is 120. The Labute approximate surface area is 59.2 Å². The van der Waals surface area contributed by atoms with Crippen molar-refractivity contribution in [3.63, 3.8) is 0 Å². The molecule has 0 saturated carbocycles. The Morgan fingerprint density at radius 3 is 2.67 bits per heavy atom. The van der Waals surface area contributed by atoms with Crippen LogP contribution in [0.3, 0.4) is 0 Å². The highest BCUT2D eigenvalue weighted by Gasteiger charge is 2.19. The molecule has 1 saturated heterocycles. The third-order valence-electron chi connectivity index (χ3n) is 1.32. The molecule has 1 aliphatic heterocycles. The lowest BCUT2D eigenvalue weighted by Gasteiger charge is -2.25. The summed E-state index contributed by atoms with van der Waals surface area (Å²) in [5, 5.41) is 11.6. The molecule has 0 aromatic rings. The molecule has 4 heteroatoms. The lowest BCUT2D eigenvalue weighted by molar-refractivity contribution is 0.380. The maximum absolute atomic E-state index is 10.7. The van der Waals surface area contributed by atoms with Crippen molar-refractivity contribution in [2.24, 2.45) is 0 Å². The normalized spacial score (nSPS) is 31.1. The summed E-state index contributed by atoms with van der Waals surface area (Å²) < 4.78 is 1.44. The molecule has 0 aromatic carbocycles. The van der Waals surface area contributed by atoms with E-state index in [9.17, 15) is 5.21 Å². The van der Waals surface area contributed by atoms with E-state index >= 15 is 0 Å². The van der Waals surface area contributed by atoms with Gasteiger partial charge < -0.3 is 10.3 Å². The Balaban J connectivity index is 2.47. The van der Waals surface area contributed by atoms with Gasteiger partial charge in [-0.2, -0.15) is 0 Å². The van der Waals surface area contributed by atoms with Gasteiger partial charge in [0.2, 0.25) is 0 Å². The number of hydroxylamine groups is 2. The molecule has 0 radical (unpaired) electrons. The first-order valence-corrected chi connectivity index (χ1v) is 3.05. The highest BCUT2D eigenvalue weighted by atomic mass is 35.5. The third-order valence-corrected chi connectivity index (χ3v) is 1.56. The van der Waals surface area contributed by atoms with Crippen LogP contribution in [0.4, 0.5) is 0 Å². The van der Waals surface area contributed by atoms with Gasteiger partial charge in [0.15, 0.2) is 0 Å². The van der Waals surface area contributed by atoms with E-state index in [0.29, 0.717) is 6.54 Å². The quantitative estimate of drug-likeness (QED) is 0.405. The fraction of sp³-hybridized carbons (Fsp3) is 0.600. The Kier molecular flexibility index (Phi) is 2.08. The minimum atomic E-state index is -0.123. The summed E-state index contributed by atoms with van der Waals surface area (Å²) in [6.07, 6.45) is 1.61. The summed E-state index contributed by atoms with van der Waals surface area (Å²) in [7, 11) is 0. The van der Waals surface area contributed by atoms with Gasteiger partial charge in [-0.1, -0.05) is 6.08 Å². The van der Waals surface area contributed by atoms with Crippen LogP contribution in [-0.2, 0) is 0 Å². The molecule has 0 bridgehead atoms. The monoisotopic (exact) mass is 147 g/mol. The van der Waals surface area contributed by atoms with Crippen LogP contribution in [0.2, 0.25) is 0 Å². The van der Waals surface area contributed by atoms with Crippen molar-refractivity contribution in [1.82, 2.24) is 9.48 Å². The first kappa shape index (κ1) is 7.02. The maximum atomic E-state index is 10.7. The highest BCUT2D eigenvalue weighted by Crippen LogP contribution is 2.13. The molecule has 0 spiro atoms. The summed E-state index contributed by atoms with van der Waals surface area (Å²) in [5.41, 5.74) is 0. The smallest absolute Gasteiger partial charge is 0.0545 e. The fourth-order valence-electron chi connectivity index (χ4n) is 0.800. The van der Waals surface area contributed by atoms with Crippen LogP contribution in [0, 0.1) is 5.21 Å². The second kappa shape index (κ2) is 2.66. The molecule has 1 unspecified atom stereocenters. The van der Waals surface area contributed by atoms with Gasteiger partial charge in [0.25, 0.3) is 0 Å². The van der Waals surface area contributed by atoms with Crippen LogP contribution in [-0.4, -0.2) is 28.7 Å². The van der Waals surface area contributed by atoms with Gasteiger partial charge in [-0.15, -0.1) is 6.58 Å². The van der Waals surface area contributed by atoms with Crippen molar-refractivity contribution < 1.29 is 0 Å². The topological polar surface area (TPSA) is 29.5 Å². The van der Waals surface area contributed by atoms with Gasteiger partial charge in [-0.3, -0.25) is 0 Å². The predicted octanol–water partition coefficient (Wildman–Crippen LogP) is 0.768. The van der Waals surface area contributed by atoms with Crippen molar-refractivity contribution in [2.75, 3.05) is 13.2 Å². The van der Waals surface area contributed by atoms with Crippen molar-refractivity contribution in [2.45, 2.75) is 6.04 Å². The molecule has 1 atom stereocenters. The molecule has 1 heterocycles. The van der Waals surface area contributed by atoms with Crippen molar-refractivity contribution in [3.05, 3.63) is 17.9 Å². The van der Waals surface area contributed by atoms with Gasteiger partial charge in [-0.25, -0.2) is 4.42 Å². The van der Waals surface area contributed by atoms with E-state index in [0.717, 1.165) is 5.06 Å². The molecular formula is C5H8ClN2O-. The van der Waals surface area contributed by atoms with Crippen molar-refractivity contribution in [3.8, 4) is 0 Å². The average Bonchev–Trinajstić information content (AvgIpc) is 2.10. The lowest BCUT2D eigenvalue weighted by Crippen LogP contribution is -2.21. The number of hydrogen-bond donors (Lipinski definition) is 0. The first-order valence-electron chi connectivity index (χ1n) is 2.71. The SMILES string of the molecule is C=CC1CN(Cl)CN1[O-]. The molecular weight excluding hydrogens is 140 g/mol. The summed E-state index contributed by atoms with van der Waals surface area (Å²) in [6, 6.07) is -0.123. The van der Waals surface area contributed by atoms with Gasteiger partial charge in [0.1, 0.15) is 0 Å².